The van der Waals surface area contributed by atoms with Crippen LogP contribution < -0.4 is 5.32 Å². The van der Waals surface area contributed by atoms with Crippen molar-refractivity contribution in [3.63, 3.8) is 0 Å². The zero-order valence-electron chi connectivity index (χ0n) is 13.0. The second-order valence-electron chi connectivity index (χ2n) is 6.30. The number of thiophene rings is 1. The minimum absolute atomic E-state index is 0.0957. The Balaban J connectivity index is 1.82. The highest BCUT2D eigenvalue weighted by molar-refractivity contribution is 7.16. The summed E-state index contributed by atoms with van der Waals surface area (Å²) in [7, 11) is 1.29. The zero-order chi connectivity index (χ0) is 16.7. The summed E-state index contributed by atoms with van der Waals surface area (Å²) in [6.45, 7) is 1.84. The van der Waals surface area contributed by atoms with Gasteiger partial charge in [0.2, 0.25) is 5.91 Å². The summed E-state index contributed by atoms with van der Waals surface area (Å²) in [6, 6.07) is 1.67. The minimum Gasteiger partial charge on any atom is -0.481 e. The third kappa shape index (κ3) is 2.73. The Morgan fingerprint density at radius 1 is 1.26 bits per heavy atom. The summed E-state index contributed by atoms with van der Waals surface area (Å²) in [6.07, 6.45) is 2.60. The quantitative estimate of drug-likeness (QED) is 0.824. The molecular formula is C16H19NO5S. The fourth-order valence-electron chi connectivity index (χ4n) is 4.09. The highest BCUT2D eigenvalue weighted by atomic mass is 32.1. The van der Waals surface area contributed by atoms with Crippen LogP contribution in [0.5, 0.6) is 0 Å². The molecule has 1 heterocycles. The number of carboxylic acid groups (broad SMARTS) is 1. The second kappa shape index (κ2) is 5.96. The number of rotatable bonds is 4. The molecule has 2 aliphatic rings. The fraction of sp³-hybridized carbons (Fsp3) is 0.562. The Morgan fingerprint density at radius 3 is 2.52 bits per heavy atom. The van der Waals surface area contributed by atoms with Crippen LogP contribution in [-0.2, 0) is 14.3 Å². The third-order valence-electron chi connectivity index (χ3n) is 5.00. The number of aryl methyl sites for hydroxylation is 1. The molecule has 0 aliphatic heterocycles. The van der Waals surface area contributed by atoms with E-state index in [0.29, 0.717) is 10.6 Å². The van der Waals surface area contributed by atoms with Crippen LogP contribution in [0.3, 0.4) is 0 Å². The van der Waals surface area contributed by atoms with Gasteiger partial charge in [0.25, 0.3) is 0 Å². The average molecular weight is 337 g/mol. The number of carbonyl (C=O) groups is 3. The number of carbonyl (C=O) groups excluding carboxylic acids is 2. The smallest absolute Gasteiger partial charge is 0.340 e. The van der Waals surface area contributed by atoms with Crippen molar-refractivity contribution in [3.8, 4) is 0 Å². The Kier molecular flexibility index (Phi) is 4.14. The number of fused-ring (bicyclic) bond motifs is 2. The highest BCUT2D eigenvalue weighted by Crippen LogP contribution is 2.52. The lowest BCUT2D eigenvalue weighted by Gasteiger charge is -2.26. The number of nitrogens with one attached hydrogen (secondary N) is 1. The minimum atomic E-state index is -0.895. The molecule has 4 atom stereocenters. The van der Waals surface area contributed by atoms with Crippen molar-refractivity contribution in [1.82, 2.24) is 0 Å². The predicted molar refractivity (Wildman–Crippen MR) is 84.5 cm³/mol. The van der Waals surface area contributed by atoms with Crippen LogP contribution in [0.2, 0.25) is 0 Å². The molecule has 2 aliphatic carbocycles. The Bertz CT molecular complexity index is 667. The van der Waals surface area contributed by atoms with Gasteiger partial charge >= 0.3 is 11.9 Å². The van der Waals surface area contributed by atoms with Gasteiger partial charge in [-0.05, 0) is 44.1 Å². The predicted octanol–water partition coefficient (Wildman–Crippen LogP) is 2.53. The summed E-state index contributed by atoms with van der Waals surface area (Å²) in [4.78, 5) is 36.9. The number of esters is 1. The fourth-order valence-corrected chi connectivity index (χ4v) is 4.99. The first-order valence-electron chi connectivity index (χ1n) is 7.64. The van der Waals surface area contributed by atoms with Gasteiger partial charge in [0.1, 0.15) is 5.00 Å². The van der Waals surface area contributed by atoms with Crippen LogP contribution in [0.1, 0.15) is 34.5 Å². The summed E-state index contributed by atoms with van der Waals surface area (Å²) < 4.78 is 4.73. The molecule has 1 aromatic rings. The molecule has 1 aromatic heterocycles. The molecule has 2 saturated carbocycles. The van der Waals surface area contributed by atoms with Crippen LogP contribution in [-0.4, -0.2) is 30.1 Å². The van der Waals surface area contributed by atoms with Crippen molar-refractivity contribution in [3.05, 3.63) is 16.5 Å². The molecule has 2 fully saturated rings. The molecule has 0 aromatic carbocycles. The van der Waals surface area contributed by atoms with Gasteiger partial charge in [0, 0.05) is 4.88 Å². The second-order valence-corrected chi connectivity index (χ2v) is 7.56. The van der Waals surface area contributed by atoms with Crippen molar-refractivity contribution in [2.45, 2.75) is 26.2 Å². The van der Waals surface area contributed by atoms with E-state index in [1.54, 1.807) is 6.07 Å². The van der Waals surface area contributed by atoms with Crippen molar-refractivity contribution < 1.29 is 24.2 Å². The first-order valence-corrected chi connectivity index (χ1v) is 8.46. The molecule has 0 spiro atoms. The molecule has 0 radical (unpaired) electrons. The van der Waals surface area contributed by atoms with Gasteiger partial charge in [0.15, 0.2) is 0 Å². The third-order valence-corrected chi connectivity index (χ3v) is 5.97. The monoisotopic (exact) mass is 337 g/mol. The van der Waals surface area contributed by atoms with Crippen molar-refractivity contribution in [1.29, 1.82) is 0 Å². The van der Waals surface area contributed by atoms with Crippen LogP contribution in [0.4, 0.5) is 5.00 Å². The molecule has 3 rings (SSSR count). The van der Waals surface area contributed by atoms with Crippen molar-refractivity contribution >= 4 is 34.2 Å². The average Bonchev–Trinajstić information content (AvgIpc) is 3.19. The summed E-state index contributed by atoms with van der Waals surface area (Å²) in [5, 5.41) is 12.7. The van der Waals surface area contributed by atoms with E-state index in [0.717, 1.165) is 24.1 Å². The number of carboxylic acids is 1. The van der Waals surface area contributed by atoms with E-state index in [9.17, 15) is 19.5 Å². The number of amides is 1. The lowest BCUT2D eigenvalue weighted by Crippen LogP contribution is -2.37. The van der Waals surface area contributed by atoms with Crippen LogP contribution in [0.15, 0.2) is 6.07 Å². The standard InChI is InChI=1S/C16H19NO5S/c1-7-5-10(16(21)22-2)14(23-7)17-13(18)11-8-3-4-9(6-8)12(11)15(19)20/h5,8-9,11-12H,3-4,6H2,1-2H3,(H,17,18)(H,19,20)/t8-,9+,11+,12+/m1/s1. The van der Waals surface area contributed by atoms with E-state index in [1.165, 1.54) is 18.4 Å². The molecular weight excluding hydrogens is 318 g/mol. The molecule has 23 heavy (non-hydrogen) atoms. The zero-order valence-corrected chi connectivity index (χ0v) is 13.8. The Labute approximate surface area is 137 Å². The summed E-state index contributed by atoms with van der Waals surface area (Å²) in [5.41, 5.74) is 0.318. The molecule has 7 heteroatoms. The van der Waals surface area contributed by atoms with E-state index >= 15 is 0 Å². The summed E-state index contributed by atoms with van der Waals surface area (Å²) in [5.74, 6) is -2.60. The van der Waals surface area contributed by atoms with E-state index < -0.39 is 23.8 Å². The lowest BCUT2D eigenvalue weighted by molar-refractivity contribution is -0.148. The van der Waals surface area contributed by atoms with Crippen molar-refractivity contribution in [2.24, 2.45) is 23.7 Å². The maximum Gasteiger partial charge on any atom is 0.340 e. The highest BCUT2D eigenvalue weighted by Gasteiger charge is 2.54. The Morgan fingerprint density at radius 2 is 1.91 bits per heavy atom. The van der Waals surface area contributed by atoms with Crippen LogP contribution in [0.25, 0.3) is 0 Å². The SMILES string of the molecule is COC(=O)c1cc(C)sc1NC(=O)[C@H]1[C@@H]2CC[C@@H](C2)[C@@H]1C(=O)O. The van der Waals surface area contributed by atoms with Gasteiger partial charge in [-0.1, -0.05) is 0 Å². The maximum absolute atomic E-state index is 12.7. The number of aliphatic carboxylic acids is 1. The topological polar surface area (TPSA) is 92.7 Å². The molecule has 1 amide bonds. The van der Waals surface area contributed by atoms with Crippen LogP contribution >= 0.6 is 11.3 Å². The van der Waals surface area contributed by atoms with Gasteiger partial charge < -0.3 is 15.2 Å². The molecule has 0 saturated heterocycles. The van der Waals surface area contributed by atoms with E-state index in [4.69, 9.17) is 4.74 Å². The number of hydrogen-bond donors (Lipinski definition) is 2. The van der Waals surface area contributed by atoms with Gasteiger partial charge in [-0.3, -0.25) is 9.59 Å². The molecule has 2 N–H and O–H groups in total. The van der Waals surface area contributed by atoms with Gasteiger partial charge in [-0.25, -0.2) is 4.79 Å². The first kappa shape index (κ1) is 16.0. The van der Waals surface area contributed by atoms with E-state index in [2.05, 4.69) is 5.32 Å². The van der Waals surface area contributed by atoms with Gasteiger partial charge in [-0.15, -0.1) is 11.3 Å². The maximum atomic E-state index is 12.7. The number of anilines is 1. The largest absolute Gasteiger partial charge is 0.481 e. The van der Waals surface area contributed by atoms with Crippen molar-refractivity contribution in [2.75, 3.05) is 12.4 Å². The number of ether oxygens (including phenoxy) is 1. The number of methoxy groups -OCH3 is 1. The Hall–Kier alpha value is -1.89. The molecule has 124 valence electrons. The first-order chi connectivity index (χ1) is 10.9. The van der Waals surface area contributed by atoms with E-state index in [1.807, 2.05) is 6.92 Å². The molecule has 0 unspecified atom stereocenters. The van der Waals surface area contributed by atoms with Crippen LogP contribution in [0, 0.1) is 30.6 Å². The summed E-state index contributed by atoms with van der Waals surface area (Å²) >= 11 is 1.29. The lowest BCUT2D eigenvalue weighted by atomic mass is 9.79. The number of hydrogen-bond acceptors (Lipinski definition) is 5. The van der Waals surface area contributed by atoms with Gasteiger partial charge in [-0.2, -0.15) is 0 Å². The molecule has 6 nitrogen and oxygen atoms in total. The normalized spacial score (nSPS) is 28.6. The van der Waals surface area contributed by atoms with E-state index in [-0.39, 0.29) is 17.7 Å². The molecule has 2 bridgehead atoms. The van der Waals surface area contributed by atoms with Gasteiger partial charge in [0.05, 0.1) is 24.5 Å².